The molecule has 0 fully saturated rings. The van der Waals surface area contributed by atoms with E-state index in [1.807, 2.05) is 0 Å². The van der Waals surface area contributed by atoms with E-state index in [1.165, 1.54) is 7.05 Å². The minimum absolute atomic E-state index is 0.152. The van der Waals surface area contributed by atoms with Gasteiger partial charge in [0.25, 0.3) is 12.3 Å². The van der Waals surface area contributed by atoms with Gasteiger partial charge in [0.05, 0.1) is 11.6 Å². The van der Waals surface area contributed by atoms with Crippen molar-refractivity contribution in [2.45, 2.75) is 11.3 Å². The average molecular weight is 414 g/mol. The summed E-state index contributed by atoms with van der Waals surface area (Å²) in [6.07, 6.45) is -1.84. The van der Waals surface area contributed by atoms with Crippen molar-refractivity contribution in [3.05, 3.63) is 46.7 Å². The molecule has 0 saturated heterocycles. The van der Waals surface area contributed by atoms with Crippen LogP contribution in [-0.2, 0) is 17.1 Å². The van der Waals surface area contributed by atoms with E-state index in [4.69, 9.17) is 11.6 Å². The fourth-order valence-corrected chi connectivity index (χ4v) is 3.27. The number of nitrogens with one attached hydrogen (secondary N) is 2. The summed E-state index contributed by atoms with van der Waals surface area (Å²) in [5, 5.41) is 1.69. The number of aryl methyl sites for hydroxylation is 1. The second-order valence-corrected chi connectivity index (χ2v) is 7.30. The van der Waals surface area contributed by atoms with Gasteiger partial charge in [-0.2, -0.15) is 0 Å². The predicted octanol–water partition coefficient (Wildman–Crippen LogP) is 2.75. The molecule has 2 aromatic rings. The molecule has 0 aliphatic carbocycles. The predicted molar refractivity (Wildman–Crippen MR) is 85.9 cm³/mol. The van der Waals surface area contributed by atoms with E-state index in [0.717, 1.165) is 22.9 Å². The molecule has 1 heterocycles. The van der Waals surface area contributed by atoms with E-state index in [2.05, 4.69) is 5.32 Å². The number of carbonyl (C=O) groups excluding carboxylic acids is 1. The van der Waals surface area contributed by atoms with E-state index < -0.39 is 50.5 Å². The largest absolute Gasteiger partial charge is 0.345 e. The van der Waals surface area contributed by atoms with Gasteiger partial charge in [-0.1, -0.05) is 11.6 Å². The van der Waals surface area contributed by atoms with Crippen LogP contribution < -0.4 is 10.0 Å². The Morgan fingerprint density at radius 1 is 1.27 bits per heavy atom. The first-order valence-electron chi connectivity index (χ1n) is 6.91. The minimum Gasteiger partial charge on any atom is -0.345 e. The number of rotatable bonds is 6. The topological polar surface area (TPSA) is 80.2 Å². The smallest absolute Gasteiger partial charge is 0.272 e. The van der Waals surface area contributed by atoms with Crippen molar-refractivity contribution in [3.8, 4) is 0 Å². The molecule has 12 heteroatoms. The molecule has 0 atom stereocenters. The summed E-state index contributed by atoms with van der Waals surface area (Å²) in [6, 6.07) is 2.62. The third-order valence-electron chi connectivity index (χ3n) is 3.19. The summed E-state index contributed by atoms with van der Waals surface area (Å²) < 4.78 is 77.4. The zero-order valence-electron chi connectivity index (χ0n) is 13.1. The Hall–Kier alpha value is -2.11. The summed E-state index contributed by atoms with van der Waals surface area (Å²) in [6.45, 7) is -1.08. The second kappa shape index (κ2) is 7.64. The highest BCUT2D eigenvalue weighted by Crippen LogP contribution is 2.23. The van der Waals surface area contributed by atoms with Gasteiger partial charge in [0.2, 0.25) is 10.0 Å². The fraction of sp³-hybridized carbons (Fsp3) is 0.214. The number of nitrogens with zero attached hydrogens (tertiary/aromatic N) is 1. The number of anilines is 1. The molecule has 1 amide bonds. The van der Waals surface area contributed by atoms with Crippen LogP contribution in [0.1, 0.15) is 10.5 Å². The highest BCUT2D eigenvalue weighted by Gasteiger charge is 2.22. The van der Waals surface area contributed by atoms with E-state index >= 15 is 0 Å². The molecular weight excluding hydrogens is 402 g/mol. The van der Waals surface area contributed by atoms with Crippen LogP contribution in [0, 0.1) is 11.6 Å². The van der Waals surface area contributed by atoms with Crippen LogP contribution in [0.15, 0.2) is 29.3 Å². The normalized spacial score (nSPS) is 11.8. The minimum atomic E-state index is -4.24. The highest BCUT2D eigenvalue weighted by atomic mass is 35.5. The van der Waals surface area contributed by atoms with Gasteiger partial charge < -0.3 is 9.88 Å². The van der Waals surface area contributed by atoms with Gasteiger partial charge in [-0.3, -0.25) is 4.79 Å². The molecule has 2 N–H and O–H groups in total. The van der Waals surface area contributed by atoms with Crippen LogP contribution in [0.3, 0.4) is 0 Å². The zero-order chi connectivity index (χ0) is 19.6. The molecule has 0 saturated carbocycles. The number of halogens is 5. The van der Waals surface area contributed by atoms with E-state index in [1.54, 1.807) is 4.72 Å². The molecule has 2 rings (SSSR count). The maximum Gasteiger partial charge on any atom is 0.272 e. The van der Waals surface area contributed by atoms with Crippen molar-refractivity contribution in [2.75, 3.05) is 11.9 Å². The molecule has 0 unspecified atom stereocenters. The molecule has 26 heavy (non-hydrogen) atoms. The number of carbonyl (C=O) groups is 1. The van der Waals surface area contributed by atoms with Gasteiger partial charge >= 0.3 is 0 Å². The Bertz CT molecular complexity index is 924. The third-order valence-corrected chi connectivity index (χ3v) is 4.86. The highest BCUT2D eigenvalue weighted by molar-refractivity contribution is 7.89. The van der Waals surface area contributed by atoms with E-state index in [-0.39, 0.29) is 11.4 Å². The van der Waals surface area contributed by atoms with Crippen LogP contribution in [-0.4, -0.2) is 31.9 Å². The monoisotopic (exact) mass is 413 g/mol. The molecule has 1 aromatic carbocycles. The van der Waals surface area contributed by atoms with Gasteiger partial charge in [-0.25, -0.2) is 30.7 Å². The lowest BCUT2D eigenvalue weighted by molar-refractivity contribution is 0.101. The molecule has 0 aliphatic rings. The molecule has 6 nitrogen and oxygen atoms in total. The number of alkyl halides is 2. The third kappa shape index (κ3) is 4.54. The van der Waals surface area contributed by atoms with Crippen molar-refractivity contribution < 1.29 is 30.8 Å². The van der Waals surface area contributed by atoms with Crippen molar-refractivity contribution in [3.63, 3.8) is 0 Å². The average Bonchev–Trinajstić information content (AvgIpc) is 2.93. The molecule has 0 aliphatic heterocycles. The number of aromatic nitrogens is 1. The molecule has 1 aromatic heterocycles. The fourth-order valence-electron chi connectivity index (χ4n) is 1.99. The first kappa shape index (κ1) is 20.2. The van der Waals surface area contributed by atoms with Gasteiger partial charge in [0.1, 0.15) is 10.6 Å². The number of benzene rings is 1. The first-order chi connectivity index (χ1) is 12.0. The van der Waals surface area contributed by atoms with Crippen LogP contribution >= 0.6 is 11.6 Å². The summed E-state index contributed by atoms with van der Waals surface area (Å²) in [4.78, 5) is 11.8. The Balaban J connectivity index is 2.24. The Morgan fingerprint density at radius 2 is 1.92 bits per heavy atom. The quantitative estimate of drug-likeness (QED) is 0.564. The Labute approximate surface area is 150 Å². The van der Waals surface area contributed by atoms with Gasteiger partial charge in [0.15, 0.2) is 11.6 Å². The summed E-state index contributed by atoms with van der Waals surface area (Å²) in [7, 11) is -2.90. The molecule has 142 valence electrons. The first-order valence-corrected chi connectivity index (χ1v) is 8.77. The number of hydrogen-bond donors (Lipinski definition) is 2. The molecular formula is C14H12ClF4N3O3S. The maximum atomic E-state index is 13.3. The van der Waals surface area contributed by atoms with Gasteiger partial charge in [0, 0.05) is 25.0 Å². The lowest BCUT2D eigenvalue weighted by atomic mass is 10.3. The molecule has 0 radical (unpaired) electrons. The SMILES string of the molecule is Cn1cc(S(=O)(=O)NCC(F)F)cc1C(=O)Nc1cc(F)c(F)c(Cl)c1. The van der Waals surface area contributed by atoms with Crippen molar-refractivity contribution in [2.24, 2.45) is 7.05 Å². The van der Waals surface area contributed by atoms with E-state index in [9.17, 15) is 30.8 Å². The molecule has 0 spiro atoms. The van der Waals surface area contributed by atoms with Crippen molar-refractivity contribution in [1.82, 2.24) is 9.29 Å². The number of sulfonamides is 1. The van der Waals surface area contributed by atoms with Crippen molar-refractivity contribution in [1.29, 1.82) is 0 Å². The van der Waals surface area contributed by atoms with Gasteiger partial charge in [-0.05, 0) is 12.1 Å². The summed E-state index contributed by atoms with van der Waals surface area (Å²) in [5.74, 6) is -3.40. The summed E-state index contributed by atoms with van der Waals surface area (Å²) in [5.41, 5.74) is -0.316. The Kier molecular flexibility index (Phi) is 5.94. The van der Waals surface area contributed by atoms with Crippen LogP contribution in [0.25, 0.3) is 0 Å². The lowest BCUT2D eigenvalue weighted by Crippen LogP contribution is -2.28. The van der Waals surface area contributed by atoms with Crippen LogP contribution in [0.4, 0.5) is 23.2 Å². The second-order valence-electron chi connectivity index (χ2n) is 5.12. The standard InChI is InChI=1S/C14H12ClF4N3O3S/c1-22-6-8(26(24,25)20-5-12(17)18)4-11(22)14(23)21-7-2-9(15)13(19)10(16)3-7/h2-4,6,12,20H,5H2,1H3,(H,21,23). The number of hydrogen-bond acceptors (Lipinski definition) is 3. The van der Waals surface area contributed by atoms with Crippen LogP contribution in [0.5, 0.6) is 0 Å². The number of amides is 1. The lowest BCUT2D eigenvalue weighted by Gasteiger charge is -2.07. The Morgan fingerprint density at radius 3 is 2.50 bits per heavy atom. The van der Waals surface area contributed by atoms with Gasteiger partial charge in [-0.15, -0.1) is 0 Å². The van der Waals surface area contributed by atoms with Crippen LogP contribution in [0.2, 0.25) is 5.02 Å². The summed E-state index contributed by atoms with van der Waals surface area (Å²) >= 11 is 5.48. The molecule has 0 bridgehead atoms. The van der Waals surface area contributed by atoms with Crippen molar-refractivity contribution >= 4 is 33.2 Å². The van der Waals surface area contributed by atoms with E-state index in [0.29, 0.717) is 6.07 Å². The maximum absolute atomic E-state index is 13.3. The zero-order valence-corrected chi connectivity index (χ0v) is 14.6.